The van der Waals surface area contributed by atoms with Crippen LogP contribution < -0.4 is 9.88 Å². The molecular formula is C25H32N6O5S. The third kappa shape index (κ3) is 6.44. The van der Waals surface area contributed by atoms with E-state index in [1.807, 2.05) is 51.1 Å². The summed E-state index contributed by atoms with van der Waals surface area (Å²) in [6.07, 6.45) is 0.897. The quantitative estimate of drug-likeness (QED) is 0.514. The Hall–Kier alpha value is -3.51. The number of nitrogens with zero attached hydrogens (tertiary/aromatic N) is 5. The van der Waals surface area contributed by atoms with Gasteiger partial charge in [0.15, 0.2) is 0 Å². The van der Waals surface area contributed by atoms with E-state index < -0.39 is 15.6 Å². The van der Waals surface area contributed by atoms with E-state index in [1.165, 1.54) is 10.9 Å². The van der Waals surface area contributed by atoms with E-state index in [4.69, 9.17) is 14.6 Å². The predicted octanol–water partition coefficient (Wildman–Crippen LogP) is 3.16. The van der Waals surface area contributed by atoms with Crippen molar-refractivity contribution in [2.45, 2.75) is 56.6 Å². The standard InChI is InChI=1S/C25H32N6O5S/c1-25(2,3)36-24(32)30-14-12-18(13-15-30)20-6-5-7-21(37(26,33)34)22(20)23-27-29-31(28-23)16-17-8-10-19(35-4)11-9-17/h5-11,18H,12-16H2,1-4H3,(H2,26,33,34). The Labute approximate surface area is 216 Å². The van der Waals surface area contributed by atoms with Crippen LogP contribution in [-0.4, -0.2) is 65.4 Å². The fourth-order valence-electron chi connectivity index (χ4n) is 4.37. The molecule has 2 N–H and O–H groups in total. The molecule has 1 fully saturated rings. The highest BCUT2D eigenvalue weighted by molar-refractivity contribution is 7.89. The summed E-state index contributed by atoms with van der Waals surface area (Å²) in [5, 5.41) is 18.4. The summed E-state index contributed by atoms with van der Waals surface area (Å²) in [7, 11) is -2.46. The van der Waals surface area contributed by atoms with Crippen molar-refractivity contribution in [3.8, 4) is 17.1 Å². The Bertz CT molecular complexity index is 1360. The summed E-state index contributed by atoms with van der Waals surface area (Å²) in [6, 6.07) is 12.4. The predicted molar refractivity (Wildman–Crippen MR) is 137 cm³/mol. The van der Waals surface area contributed by atoms with Crippen LogP contribution in [0.4, 0.5) is 4.79 Å². The largest absolute Gasteiger partial charge is 0.497 e. The zero-order valence-electron chi connectivity index (χ0n) is 21.4. The lowest BCUT2D eigenvalue weighted by Gasteiger charge is -2.34. The number of likely N-dealkylation sites (tertiary alicyclic amines) is 1. The second-order valence-electron chi connectivity index (χ2n) is 10.00. The topological polar surface area (TPSA) is 143 Å². The number of sulfonamides is 1. The van der Waals surface area contributed by atoms with Crippen molar-refractivity contribution >= 4 is 16.1 Å². The third-order valence-electron chi connectivity index (χ3n) is 6.11. The molecule has 0 radical (unpaired) electrons. The summed E-state index contributed by atoms with van der Waals surface area (Å²) in [5.41, 5.74) is 1.47. The van der Waals surface area contributed by atoms with Gasteiger partial charge in [-0.3, -0.25) is 0 Å². The molecule has 12 heteroatoms. The molecule has 0 aliphatic carbocycles. The van der Waals surface area contributed by atoms with Gasteiger partial charge in [0.1, 0.15) is 11.4 Å². The van der Waals surface area contributed by atoms with Gasteiger partial charge in [0.2, 0.25) is 15.8 Å². The number of carbonyl (C=O) groups is 1. The van der Waals surface area contributed by atoms with Crippen LogP contribution in [0.25, 0.3) is 11.4 Å². The maximum absolute atomic E-state index is 12.5. The van der Waals surface area contributed by atoms with E-state index in [0.717, 1.165) is 16.9 Å². The van der Waals surface area contributed by atoms with Gasteiger partial charge < -0.3 is 14.4 Å². The van der Waals surface area contributed by atoms with Crippen LogP contribution in [-0.2, 0) is 21.3 Å². The molecule has 0 bridgehead atoms. The molecule has 2 heterocycles. The average Bonchev–Trinajstić information content (AvgIpc) is 3.30. The van der Waals surface area contributed by atoms with Gasteiger partial charge >= 0.3 is 6.09 Å². The van der Waals surface area contributed by atoms with E-state index in [-0.39, 0.29) is 22.7 Å². The highest BCUT2D eigenvalue weighted by Crippen LogP contribution is 2.37. The molecule has 1 aliphatic heterocycles. The Balaban J connectivity index is 1.61. The summed E-state index contributed by atoms with van der Waals surface area (Å²) in [4.78, 5) is 15.5. The van der Waals surface area contributed by atoms with Crippen LogP contribution in [0.2, 0.25) is 0 Å². The number of carbonyl (C=O) groups excluding carboxylic acids is 1. The SMILES string of the molecule is COc1ccc(Cn2nnc(-c3c(C4CCN(C(=O)OC(C)(C)C)CC4)cccc3S(N)(=O)=O)n2)cc1. The van der Waals surface area contributed by atoms with Gasteiger partial charge in [0, 0.05) is 18.7 Å². The third-order valence-corrected chi connectivity index (χ3v) is 7.06. The number of methoxy groups -OCH3 is 1. The highest BCUT2D eigenvalue weighted by Gasteiger charge is 2.31. The fourth-order valence-corrected chi connectivity index (χ4v) is 5.13. The molecule has 37 heavy (non-hydrogen) atoms. The summed E-state index contributed by atoms with van der Waals surface area (Å²) < 4.78 is 35.7. The lowest BCUT2D eigenvalue weighted by Crippen LogP contribution is -2.41. The first-order chi connectivity index (χ1) is 17.4. The first-order valence-electron chi connectivity index (χ1n) is 12.0. The monoisotopic (exact) mass is 528 g/mol. The Kier molecular flexibility index (Phi) is 7.51. The molecule has 1 aliphatic rings. The van der Waals surface area contributed by atoms with Crippen molar-refractivity contribution in [1.82, 2.24) is 25.1 Å². The Morgan fingerprint density at radius 1 is 1.11 bits per heavy atom. The van der Waals surface area contributed by atoms with E-state index in [2.05, 4.69) is 15.4 Å². The van der Waals surface area contributed by atoms with Crippen molar-refractivity contribution in [1.29, 1.82) is 0 Å². The number of nitrogens with two attached hydrogens (primary N) is 1. The molecule has 11 nitrogen and oxygen atoms in total. The van der Waals surface area contributed by atoms with E-state index in [9.17, 15) is 13.2 Å². The van der Waals surface area contributed by atoms with Crippen molar-refractivity contribution in [3.63, 3.8) is 0 Å². The van der Waals surface area contributed by atoms with Gasteiger partial charge in [0.25, 0.3) is 0 Å². The molecule has 1 saturated heterocycles. The van der Waals surface area contributed by atoms with Gasteiger partial charge in [0.05, 0.1) is 18.6 Å². The molecule has 3 aromatic rings. The minimum Gasteiger partial charge on any atom is -0.497 e. The van der Waals surface area contributed by atoms with Crippen LogP contribution in [0.15, 0.2) is 47.4 Å². The van der Waals surface area contributed by atoms with Gasteiger partial charge in [-0.2, -0.15) is 4.80 Å². The zero-order valence-corrected chi connectivity index (χ0v) is 22.2. The second kappa shape index (κ2) is 10.5. The molecule has 1 aromatic heterocycles. The number of aromatic nitrogens is 4. The molecule has 0 atom stereocenters. The van der Waals surface area contributed by atoms with Crippen LogP contribution in [0, 0.1) is 0 Å². The van der Waals surface area contributed by atoms with Gasteiger partial charge in [-0.1, -0.05) is 24.3 Å². The van der Waals surface area contributed by atoms with Crippen LogP contribution in [0.5, 0.6) is 5.75 Å². The highest BCUT2D eigenvalue weighted by atomic mass is 32.2. The van der Waals surface area contributed by atoms with E-state index in [1.54, 1.807) is 18.1 Å². The zero-order chi connectivity index (χ0) is 26.8. The van der Waals surface area contributed by atoms with Crippen molar-refractivity contribution in [2.24, 2.45) is 5.14 Å². The average molecular weight is 529 g/mol. The van der Waals surface area contributed by atoms with Gasteiger partial charge in [-0.25, -0.2) is 18.4 Å². The van der Waals surface area contributed by atoms with Crippen LogP contribution in [0.1, 0.15) is 50.7 Å². The molecule has 198 valence electrons. The lowest BCUT2D eigenvalue weighted by molar-refractivity contribution is 0.0205. The number of rotatable bonds is 6. The number of amides is 1. The Morgan fingerprint density at radius 3 is 2.38 bits per heavy atom. The lowest BCUT2D eigenvalue weighted by atomic mass is 9.86. The first-order valence-corrected chi connectivity index (χ1v) is 13.5. The first kappa shape index (κ1) is 26.6. The number of ether oxygens (including phenoxy) is 2. The maximum atomic E-state index is 12.5. The minimum atomic E-state index is -4.06. The normalized spacial score (nSPS) is 15.0. The minimum absolute atomic E-state index is 0.0241. The van der Waals surface area contributed by atoms with Gasteiger partial charge in [-0.05, 0) is 74.1 Å². The number of hydrogen-bond acceptors (Lipinski definition) is 8. The number of piperidine rings is 1. The molecule has 0 spiro atoms. The number of hydrogen-bond donors (Lipinski definition) is 1. The summed E-state index contributed by atoms with van der Waals surface area (Å²) in [6.45, 7) is 6.80. The molecule has 4 rings (SSSR count). The Morgan fingerprint density at radius 2 is 1.78 bits per heavy atom. The van der Waals surface area contributed by atoms with Crippen molar-refractivity contribution in [2.75, 3.05) is 20.2 Å². The number of benzene rings is 2. The smallest absolute Gasteiger partial charge is 0.410 e. The second-order valence-corrected chi connectivity index (χ2v) is 11.5. The van der Waals surface area contributed by atoms with E-state index >= 15 is 0 Å². The number of tetrazole rings is 1. The van der Waals surface area contributed by atoms with E-state index in [0.29, 0.717) is 38.0 Å². The molecule has 0 unspecified atom stereocenters. The van der Waals surface area contributed by atoms with Crippen molar-refractivity contribution < 1.29 is 22.7 Å². The summed E-state index contributed by atoms with van der Waals surface area (Å²) in [5.74, 6) is 0.895. The fraction of sp³-hybridized carbons (Fsp3) is 0.440. The van der Waals surface area contributed by atoms with Crippen LogP contribution >= 0.6 is 0 Å². The molecule has 2 aromatic carbocycles. The van der Waals surface area contributed by atoms with Crippen LogP contribution in [0.3, 0.4) is 0 Å². The molecular weight excluding hydrogens is 496 g/mol. The molecule has 1 amide bonds. The maximum Gasteiger partial charge on any atom is 0.410 e. The number of primary sulfonamides is 1. The van der Waals surface area contributed by atoms with Crippen molar-refractivity contribution in [3.05, 3.63) is 53.6 Å². The van der Waals surface area contributed by atoms with Gasteiger partial charge in [-0.15, -0.1) is 10.2 Å². The summed E-state index contributed by atoms with van der Waals surface area (Å²) >= 11 is 0. The molecule has 0 saturated carbocycles.